The van der Waals surface area contributed by atoms with Crippen LogP contribution in [0.4, 0.5) is 5.69 Å². The second-order valence-electron chi connectivity index (χ2n) is 7.35. The normalized spacial score (nSPS) is 12.5. The van der Waals surface area contributed by atoms with Gasteiger partial charge >= 0.3 is 0 Å². The zero-order chi connectivity index (χ0) is 22.5. The molecule has 4 rings (SSSR count). The first kappa shape index (κ1) is 21.6. The Morgan fingerprint density at radius 1 is 0.969 bits per heavy atom. The summed E-state index contributed by atoms with van der Waals surface area (Å²) in [6, 6.07) is 18.8. The van der Waals surface area contributed by atoms with E-state index < -0.39 is 0 Å². The van der Waals surface area contributed by atoms with Gasteiger partial charge in [-0.2, -0.15) is 0 Å². The number of carbonyl (C=O) groups is 3. The molecule has 2 amide bonds. The molecule has 3 aromatic carbocycles. The molecule has 0 atom stereocenters. The van der Waals surface area contributed by atoms with Gasteiger partial charge in [-0.15, -0.1) is 0 Å². The Kier molecular flexibility index (Phi) is 6.52. The van der Waals surface area contributed by atoms with Crippen LogP contribution in [0.15, 0.2) is 66.7 Å². The monoisotopic (exact) mass is 448 g/mol. The standard InChI is InChI=1S/C25H21ClN2O4/c26-18-8-5-16(6-9-18)24(30)20-3-1-2-4-21(20)25(31)27-13-14-32-19-10-11-22-17(15-19)7-12-23(29)28-22/h1-6,8-11,15H,7,12-14H2,(H,27,31)(H,28,29). The Balaban J connectivity index is 1.35. The summed E-state index contributed by atoms with van der Waals surface area (Å²) in [7, 11) is 0. The van der Waals surface area contributed by atoms with E-state index in [9.17, 15) is 14.4 Å². The largest absolute Gasteiger partial charge is 0.492 e. The number of nitrogens with one attached hydrogen (secondary N) is 2. The third-order valence-electron chi connectivity index (χ3n) is 5.15. The lowest BCUT2D eigenvalue weighted by atomic mass is 9.98. The van der Waals surface area contributed by atoms with E-state index >= 15 is 0 Å². The molecule has 0 aliphatic carbocycles. The van der Waals surface area contributed by atoms with Crippen molar-refractivity contribution in [1.29, 1.82) is 0 Å². The lowest BCUT2D eigenvalue weighted by Crippen LogP contribution is -2.29. The maximum Gasteiger partial charge on any atom is 0.252 e. The van der Waals surface area contributed by atoms with Gasteiger partial charge < -0.3 is 15.4 Å². The fourth-order valence-corrected chi connectivity index (χ4v) is 3.64. The molecule has 32 heavy (non-hydrogen) atoms. The van der Waals surface area contributed by atoms with Gasteiger partial charge in [0.25, 0.3) is 5.91 Å². The average molecular weight is 449 g/mol. The summed E-state index contributed by atoms with van der Waals surface area (Å²) in [5.74, 6) is 0.0978. The van der Waals surface area contributed by atoms with E-state index in [0.29, 0.717) is 40.3 Å². The number of benzene rings is 3. The molecule has 1 aliphatic rings. The van der Waals surface area contributed by atoms with Crippen molar-refractivity contribution >= 4 is 34.9 Å². The maximum atomic E-state index is 12.9. The lowest BCUT2D eigenvalue weighted by molar-refractivity contribution is -0.116. The highest BCUT2D eigenvalue weighted by molar-refractivity contribution is 6.30. The van der Waals surface area contributed by atoms with Gasteiger partial charge in [-0.3, -0.25) is 14.4 Å². The number of rotatable bonds is 7. The van der Waals surface area contributed by atoms with E-state index in [0.717, 1.165) is 11.3 Å². The highest BCUT2D eigenvalue weighted by Crippen LogP contribution is 2.26. The van der Waals surface area contributed by atoms with Crippen LogP contribution < -0.4 is 15.4 Å². The van der Waals surface area contributed by atoms with Crippen LogP contribution in [0, 0.1) is 0 Å². The molecule has 3 aromatic rings. The predicted octanol–water partition coefficient (Wildman–Crippen LogP) is 4.26. The van der Waals surface area contributed by atoms with E-state index in [1.807, 2.05) is 12.1 Å². The quantitative estimate of drug-likeness (QED) is 0.417. The minimum absolute atomic E-state index is 0.0173. The van der Waals surface area contributed by atoms with Gasteiger partial charge in [0.05, 0.1) is 12.1 Å². The Labute approximate surface area is 190 Å². The lowest BCUT2D eigenvalue weighted by Gasteiger charge is -2.17. The van der Waals surface area contributed by atoms with Crippen molar-refractivity contribution in [2.45, 2.75) is 12.8 Å². The first-order valence-corrected chi connectivity index (χ1v) is 10.6. The van der Waals surface area contributed by atoms with Crippen LogP contribution in [0.1, 0.15) is 38.3 Å². The minimum Gasteiger partial charge on any atom is -0.492 e. The Hall–Kier alpha value is -3.64. The third kappa shape index (κ3) is 4.98. The van der Waals surface area contributed by atoms with E-state index in [4.69, 9.17) is 16.3 Å². The summed E-state index contributed by atoms with van der Waals surface area (Å²) in [4.78, 5) is 37.0. The molecular weight excluding hydrogens is 428 g/mol. The molecule has 1 heterocycles. The molecule has 0 saturated carbocycles. The Morgan fingerprint density at radius 2 is 1.72 bits per heavy atom. The van der Waals surface area contributed by atoms with Crippen molar-refractivity contribution in [3.8, 4) is 5.75 Å². The number of ether oxygens (including phenoxy) is 1. The fourth-order valence-electron chi connectivity index (χ4n) is 3.51. The van der Waals surface area contributed by atoms with Crippen LogP contribution in [0.5, 0.6) is 5.75 Å². The van der Waals surface area contributed by atoms with Gasteiger partial charge in [-0.05, 0) is 60.5 Å². The van der Waals surface area contributed by atoms with Gasteiger partial charge in [-0.1, -0.05) is 29.8 Å². The zero-order valence-electron chi connectivity index (χ0n) is 17.2. The molecule has 1 aliphatic heterocycles. The van der Waals surface area contributed by atoms with E-state index in [-0.39, 0.29) is 30.7 Å². The van der Waals surface area contributed by atoms with Gasteiger partial charge in [-0.25, -0.2) is 0 Å². The summed E-state index contributed by atoms with van der Waals surface area (Å²) >= 11 is 5.90. The number of aryl methyl sites for hydroxylation is 1. The predicted molar refractivity (Wildman–Crippen MR) is 123 cm³/mol. The molecule has 7 heteroatoms. The molecule has 0 saturated heterocycles. The highest BCUT2D eigenvalue weighted by atomic mass is 35.5. The van der Waals surface area contributed by atoms with Crippen LogP contribution in [-0.2, 0) is 11.2 Å². The van der Waals surface area contributed by atoms with E-state index in [1.54, 1.807) is 54.6 Å². The zero-order valence-corrected chi connectivity index (χ0v) is 17.9. The average Bonchev–Trinajstić information content (AvgIpc) is 2.81. The van der Waals surface area contributed by atoms with Crippen LogP contribution in [0.25, 0.3) is 0 Å². The molecule has 0 unspecified atom stereocenters. The number of halogens is 1. The molecule has 0 aromatic heterocycles. The van der Waals surface area contributed by atoms with Crippen molar-refractivity contribution in [3.05, 3.63) is 94.0 Å². The van der Waals surface area contributed by atoms with Crippen LogP contribution in [-0.4, -0.2) is 30.7 Å². The number of hydrogen-bond donors (Lipinski definition) is 2. The van der Waals surface area contributed by atoms with Crippen molar-refractivity contribution in [1.82, 2.24) is 5.32 Å². The number of amides is 2. The third-order valence-corrected chi connectivity index (χ3v) is 5.40. The van der Waals surface area contributed by atoms with E-state index in [2.05, 4.69) is 10.6 Å². The minimum atomic E-state index is -0.348. The van der Waals surface area contributed by atoms with Crippen molar-refractivity contribution in [3.63, 3.8) is 0 Å². The molecule has 162 valence electrons. The molecule has 2 N–H and O–H groups in total. The molecule has 6 nitrogen and oxygen atoms in total. The molecular formula is C25H21ClN2O4. The van der Waals surface area contributed by atoms with Crippen LogP contribution in [0.2, 0.25) is 5.02 Å². The van der Waals surface area contributed by atoms with Crippen LogP contribution >= 0.6 is 11.6 Å². The number of hydrogen-bond acceptors (Lipinski definition) is 4. The number of fused-ring (bicyclic) bond motifs is 1. The molecule has 0 fully saturated rings. The second kappa shape index (κ2) is 9.66. The fraction of sp³-hybridized carbons (Fsp3) is 0.160. The highest BCUT2D eigenvalue weighted by Gasteiger charge is 2.18. The topological polar surface area (TPSA) is 84.5 Å². The Bertz CT molecular complexity index is 1170. The van der Waals surface area contributed by atoms with Gasteiger partial charge in [0.15, 0.2) is 5.78 Å². The number of carbonyl (C=O) groups excluding carboxylic acids is 3. The molecule has 0 radical (unpaired) electrons. The number of ketones is 1. The van der Waals surface area contributed by atoms with Gasteiger partial charge in [0.2, 0.25) is 5.91 Å². The number of anilines is 1. The Morgan fingerprint density at radius 3 is 2.50 bits per heavy atom. The van der Waals surface area contributed by atoms with Gasteiger partial charge in [0.1, 0.15) is 12.4 Å². The summed E-state index contributed by atoms with van der Waals surface area (Å²) in [5.41, 5.74) is 2.92. The smallest absolute Gasteiger partial charge is 0.252 e. The van der Waals surface area contributed by atoms with Crippen molar-refractivity contribution in [2.75, 3.05) is 18.5 Å². The first-order chi connectivity index (χ1) is 15.5. The summed E-state index contributed by atoms with van der Waals surface area (Å²) < 4.78 is 5.74. The molecule has 0 bridgehead atoms. The van der Waals surface area contributed by atoms with Crippen LogP contribution in [0.3, 0.4) is 0 Å². The van der Waals surface area contributed by atoms with Crippen molar-refractivity contribution < 1.29 is 19.1 Å². The first-order valence-electron chi connectivity index (χ1n) is 10.2. The summed E-state index contributed by atoms with van der Waals surface area (Å²) in [5, 5.41) is 6.17. The second-order valence-corrected chi connectivity index (χ2v) is 7.79. The molecule has 0 spiro atoms. The maximum absolute atomic E-state index is 12.9. The summed E-state index contributed by atoms with van der Waals surface area (Å²) in [6.07, 6.45) is 1.13. The van der Waals surface area contributed by atoms with E-state index in [1.165, 1.54) is 0 Å². The SMILES string of the molecule is O=C1CCc2cc(OCCNC(=O)c3ccccc3C(=O)c3ccc(Cl)cc3)ccc2N1. The van der Waals surface area contributed by atoms with Crippen molar-refractivity contribution in [2.24, 2.45) is 0 Å². The van der Waals surface area contributed by atoms with Gasteiger partial charge in [0, 0.05) is 28.3 Å². The summed E-state index contributed by atoms with van der Waals surface area (Å²) in [6.45, 7) is 0.542.